The van der Waals surface area contributed by atoms with Crippen LogP contribution in [0.2, 0.25) is 0 Å². The Morgan fingerprint density at radius 1 is 1.06 bits per heavy atom. The van der Waals surface area contributed by atoms with Crippen LogP contribution in [0.1, 0.15) is 5.56 Å². The second-order valence-electron chi connectivity index (χ2n) is 3.79. The molecule has 4 nitrogen and oxygen atoms in total. The fraction of sp³-hybridized carbons (Fsp3) is 0.333. The summed E-state index contributed by atoms with van der Waals surface area (Å²) < 4.78 is 0. The predicted molar refractivity (Wildman–Crippen MR) is 68.0 cm³/mol. The first-order chi connectivity index (χ1) is 7.74. The molecule has 0 bridgehead atoms. The van der Waals surface area contributed by atoms with Crippen LogP contribution in [-0.4, -0.2) is 26.9 Å². The van der Waals surface area contributed by atoms with Gasteiger partial charge in [0, 0.05) is 24.0 Å². The van der Waals surface area contributed by atoms with E-state index in [-0.39, 0.29) is 0 Å². The van der Waals surface area contributed by atoms with E-state index in [1.54, 1.807) is 0 Å². The highest BCUT2D eigenvalue weighted by molar-refractivity contribution is 5.79. The monoisotopic (exact) mass is 218 g/mol. The molecule has 1 aliphatic rings. The molecule has 1 aromatic carbocycles. The highest BCUT2D eigenvalue weighted by Crippen LogP contribution is 2.29. The lowest BCUT2D eigenvalue weighted by Crippen LogP contribution is -2.60. The van der Waals surface area contributed by atoms with Crippen LogP contribution in [0.4, 0.5) is 5.69 Å². The number of rotatable bonds is 3. The molecule has 1 aliphatic heterocycles. The molecule has 0 fully saturated rings. The molecule has 0 unspecified atom stereocenters. The molecule has 0 atom stereocenters. The topological polar surface area (TPSA) is 48.1 Å². The normalized spacial score (nSPS) is 17.1. The first kappa shape index (κ1) is 11.0. The van der Waals surface area contributed by atoms with Crippen LogP contribution in [0.5, 0.6) is 0 Å². The minimum absolute atomic E-state index is 0.396. The van der Waals surface area contributed by atoms with E-state index in [0.717, 1.165) is 11.4 Å². The maximum atomic E-state index is 3.44. The zero-order valence-electron chi connectivity index (χ0n) is 9.89. The molecule has 0 saturated heterocycles. The number of hydrogen-bond donors (Lipinski definition) is 4. The van der Waals surface area contributed by atoms with E-state index in [1.165, 1.54) is 5.56 Å². The lowest BCUT2D eigenvalue weighted by molar-refractivity contribution is 0.424. The number of fused-ring (bicyclic) bond motifs is 1. The maximum Gasteiger partial charge on any atom is 0.165 e. The number of benzene rings is 1. The Bertz CT molecular complexity index is 407. The van der Waals surface area contributed by atoms with Crippen molar-refractivity contribution in [2.45, 2.75) is 5.79 Å². The molecule has 0 aliphatic carbocycles. The van der Waals surface area contributed by atoms with Crippen molar-refractivity contribution in [1.29, 1.82) is 0 Å². The maximum absolute atomic E-state index is 3.44. The van der Waals surface area contributed by atoms with E-state index in [0.29, 0.717) is 0 Å². The zero-order valence-corrected chi connectivity index (χ0v) is 9.89. The second-order valence-corrected chi connectivity index (χ2v) is 3.79. The number of likely N-dealkylation sites (N-methyl/N-ethyl adjacent to an activating group) is 2. The standard InChI is InChI=1S/C12H18N4/c1-13-11-8-12(14-2,15-3)16-10-7-5-4-6-9(10)11/h4-8,13-16H,1-3H3. The van der Waals surface area contributed by atoms with Crippen LogP contribution >= 0.6 is 0 Å². The summed E-state index contributed by atoms with van der Waals surface area (Å²) in [5.74, 6) is -0.396. The first-order valence-corrected chi connectivity index (χ1v) is 5.40. The van der Waals surface area contributed by atoms with Crippen LogP contribution in [-0.2, 0) is 0 Å². The third-order valence-electron chi connectivity index (χ3n) is 2.97. The molecule has 2 rings (SSSR count). The highest BCUT2D eigenvalue weighted by Gasteiger charge is 2.29. The summed E-state index contributed by atoms with van der Waals surface area (Å²) in [4.78, 5) is 0. The van der Waals surface area contributed by atoms with E-state index in [4.69, 9.17) is 0 Å². The Balaban J connectivity index is 2.50. The summed E-state index contributed by atoms with van der Waals surface area (Å²) in [5.41, 5.74) is 3.40. The van der Waals surface area contributed by atoms with Gasteiger partial charge < -0.3 is 10.6 Å². The van der Waals surface area contributed by atoms with Gasteiger partial charge in [0.1, 0.15) is 0 Å². The molecule has 0 aromatic heterocycles. The average molecular weight is 218 g/mol. The number of para-hydroxylation sites is 1. The minimum atomic E-state index is -0.396. The summed E-state index contributed by atoms with van der Waals surface area (Å²) in [7, 11) is 5.77. The van der Waals surface area contributed by atoms with E-state index < -0.39 is 5.79 Å². The third kappa shape index (κ3) is 1.66. The van der Waals surface area contributed by atoms with E-state index >= 15 is 0 Å². The van der Waals surface area contributed by atoms with Gasteiger partial charge in [-0.3, -0.25) is 10.6 Å². The molecule has 1 aromatic rings. The Morgan fingerprint density at radius 3 is 2.38 bits per heavy atom. The number of anilines is 1. The van der Waals surface area contributed by atoms with Crippen molar-refractivity contribution >= 4 is 11.4 Å². The molecule has 1 heterocycles. The summed E-state index contributed by atoms with van der Waals surface area (Å²) >= 11 is 0. The fourth-order valence-electron chi connectivity index (χ4n) is 1.97. The molecule has 0 amide bonds. The lowest BCUT2D eigenvalue weighted by atomic mass is 10.0. The van der Waals surface area contributed by atoms with Crippen LogP contribution in [0.25, 0.3) is 5.70 Å². The van der Waals surface area contributed by atoms with Crippen molar-refractivity contribution in [3.05, 3.63) is 35.9 Å². The summed E-state index contributed by atoms with van der Waals surface area (Å²) in [6, 6.07) is 8.24. The quantitative estimate of drug-likeness (QED) is 0.566. The van der Waals surface area contributed by atoms with Gasteiger partial charge in [-0.1, -0.05) is 18.2 Å². The summed E-state index contributed by atoms with van der Waals surface area (Å²) in [6.45, 7) is 0. The van der Waals surface area contributed by atoms with Crippen molar-refractivity contribution < 1.29 is 0 Å². The summed E-state index contributed by atoms with van der Waals surface area (Å²) in [5, 5.41) is 13.1. The van der Waals surface area contributed by atoms with Crippen LogP contribution in [0.3, 0.4) is 0 Å². The number of hydrogen-bond acceptors (Lipinski definition) is 4. The smallest absolute Gasteiger partial charge is 0.165 e. The van der Waals surface area contributed by atoms with Crippen molar-refractivity contribution in [3.63, 3.8) is 0 Å². The first-order valence-electron chi connectivity index (χ1n) is 5.40. The summed E-state index contributed by atoms with van der Waals surface area (Å²) in [6.07, 6.45) is 2.11. The third-order valence-corrected chi connectivity index (χ3v) is 2.97. The molecule has 4 heteroatoms. The van der Waals surface area contributed by atoms with E-state index in [9.17, 15) is 0 Å². The SMILES string of the molecule is CNC1=CC(NC)(NC)Nc2ccccc21. The molecule has 16 heavy (non-hydrogen) atoms. The largest absolute Gasteiger partial charge is 0.388 e. The zero-order chi connectivity index (χ0) is 11.6. The Labute approximate surface area is 96.1 Å². The molecule has 4 N–H and O–H groups in total. The molecule has 0 spiro atoms. The van der Waals surface area contributed by atoms with Gasteiger partial charge in [0.2, 0.25) is 0 Å². The molecular formula is C12H18N4. The van der Waals surface area contributed by atoms with E-state index in [1.807, 2.05) is 33.3 Å². The van der Waals surface area contributed by atoms with Crippen molar-refractivity contribution in [2.24, 2.45) is 0 Å². The predicted octanol–water partition coefficient (Wildman–Crippen LogP) is 0.765. The highest BCUT2D eigenvalue weighted by atomic mass is 15.3. The second kappa shape index (κ2) is 4.15. The lowest BCUT2D eigenvalue weighted by Gasteiger charge is -2.37. The van der Waals surface area contributed by atoms with Gasteiger partial charge in [0.05, 0.1) is 0 Å². The van der Waals surface area contributed by atoms with Gasteiger partial charge in [-0.2, -0.15) is 0 Å². The van der Waals surface area contributed by atoms with E-state index in [2.05, 4.69) is 39.5 Å². The Morgan fingerprint density at radius 2 is 1.75 bits per heavy atom. The van der Waals surface area contributed by atoms with Crippen LogP contribution < -0.4 is 21.3 Å². The molecule has 0 radical (unpaired) electrons. The van der Waals surface area contributed by atoms with Crippen LogP contribution in [0, 0.1) is 0 Å². The van der Waals surface area contributed by atoms with Crippen molar-refractivity contribution in [2.75, 3.05) is 26.5 Å². The van der Waals surface area contributed by atoms with Gasteiger partial charge in [-0.15, -0.1) is 0 Å². The Kier molecular flexibility index (Phi) is 2.85. The van der Waals surface area contributed by atoms with Crippen molar-refractivity contribution in [1.82, 2.24) is 16.0 Å². The Hall–Kier alpha value is -1.52. The van der Waals surface area contributed by atoms with Gasteiger partial charge in [-0.05, 0) is 26.2 Å². The van der Waals surface area contributed by atoms with Gasteiger partial charge in [0.15, 0.2) is 5.79 Å². The van der Waals surface area contributed by atoms with Gasteiger partial charge in [0.25, 0.3) is 0 Å². The molecular weight excluding hydrogens is 200 g/mol. The minimum Gasteiger partial charge on any atom is -0.388 e. The van der Waals surface area contributed by atoms with Crippen molar-refractivity contribution in [3.8, 4) is 0 Å². The average Bonchev–Trinajstić information content (AvgIpc) is 2.37. The van der Waals surface area contributed by atoms with Gasteiger partial charge >= 0.3 is 0 Å². The fourth-order valence-corrected chi connectivity index (χ4v) is 1.97. The number of nitrogens with one attached hydrogen (secondary N) is 4. The molecule has 0 saturated carbocycles. The van der Waals surface area contributed by atoms with Crippen LogP contribution in [0.15, 0.2) is 30.3 Å². The molecule has 86 valence electrons. The van der Waals surface area contributed by atoms with Gasteiger partial charge in [-0.25, -0.2) is 0 Å².